The number of unbranched alkanes of at least 4 members (excludes halogenated alkanes) is 18. The van der Waals surface area contributed by atoms with E-state index in [1.807, 2.05) is 0 Å². The zero-order valence-electron chi connectivity index (χ0n) is 33.7. The first-order chi connectivity index (χ1) is 24.7. The van der Waals surface area contributed by atoms with E-state index in [0.29, 0.717) is 6.04 Å². The Morgan fingerprint density at radius 2 is 0.820 bits per heavy atom. The fourth-order valence-electron chi connectivity index (χ4n) is 7.40. The Balaban J connectivity index is 1.51. The van der Waals surface area contributed by atoms with Crippen molar-refractivity contribution >= 4 is 0 Å². The van der Waals surface area contributed by atoms with Crippen molar-refractivity contribution in [2.45, 2.75) is 199 Å². The lowest BCUT2D eigenvalue weighted by atomic mass is 10.0. The van der Waals surface area contributed by atoms with Crippen LogP contribution in [-0.4, -0.2) is 74.5 Å². The molecule has 0 radical (unpaired) electrons. The van der Waals surface area contributed by atoms with Crippen LogP contribution in [0, 0.1) is 0 Å². The van der Waals surface area contributed by atoms with E-state index >= 15 is 0 Å². The van der Waals surface area contributed by atoms with Crippen LogP contribution in [-0.2, 0) is 9.47 Å². The first kappa shape index (κ1) is 45.0. The van der Waals surface area contributed by atoms with Crippen LogP contribution in [0.5, 0.6) is 0 Å². The zero-order valence-corrected chi connectivity index (χ0v) is 33.7. The molecule has 4 nitrogen and oxygen atoms in total. The van der Waals surface area contributed by atoms with Crippen LogP contribution >= 0.6 is 0 Å². The van der Waals surface area contributed by atoms with Gasteiger partial charge in [0, 0.05) is 32.3 Å². The van der Waals surface area contributed by atoms with Gasteiger partial charge in [0.05, 0.1) is 12.2 Å². The van der Waals surface area contributed by atoms with E-state index in [1.54, 1.807) is 0 Å². The van der Waals surface area contributed by atoms with Crippen molar-refractivity contribution < 1.29 is 9.47 Å². The van der Waals surface area contributed by atoms with Gasteiger partial charge in [-0.25, -0.2) is 0 Å². The van der Waals surface area contributed by atoms with E-state index in [0.717, 1.165) is 39.1 Å². The third-order valence-electron chi connectivity index (χ3n) is 10.8. The highest BCUT2D eigenvalue weighted by Crippen LogP contribution is 2.25. The highest BCUT2D eigenvalue weighted by molar-refractivity contribution is 4.94. The normalized spacial score (nSPS) is 19.9. The highest BCUT2D eigenvalue weighted by atomic mass is 16.5. The van der Waals surface area contributed by atoms with E-state index in [1.165, 1.54) is 167 Å². The molecule has 0 aromatic heterocycles. The van der Waals surface area contributed by atoms with Crippen molar-refractivity contribution in [3.05, 3.63) is 48.6 Å². The molecule has 290 valence electrons. The van der Waals surface area contributed by atoms with E-state index in [9.17, 15) is 0 Å². The maximum atomic E-state index is 6.56. The van der Waals surface area contributed by atoms with Gasteiger partial charge in [-0.15, -0.1) is 0 Å². The molecule has 0 saturated carbocycles. The van der Waals surface area contributed by atoms with E-state index < -0.39 is 0 Å². The molecule has 2 heterocycles. The van der Waals surface area contributed by atoms with Crippen LogP contribution in [0.25, 0.3) is 0 Å². The second-order valence-electron chi connectivity index (χ2n) is 15.5. The fraction of sp³-hybridized carbons (Fsp3) is 0.826. The molecule has 0 bridgehead atoms. The summed E-state index contributed by atoms with van der Waals surface area (Å²) in [6, 6.07) is 0.703. The molecule has 0 amide bonds. The number of allylic oxidation sites excluding steroid dienone is 8. The number of rotatable bonds is 33. The molecular formula is C46H84N2O2. The van der Waals surface area contributed by atoms with Gasteiger partial charge < -0.3 is 14.4 Å². The quantitative estimate of drug-likeness (QED) is 0.0504. The van der Waals surface area contributed by atoms with Gasteiger partial charge in [0.25, 0.3) is 0 Å². The molecule has 4 heteroatoms. The van der Waals surface area contributed by atoms with Crippen LogP contribution in [0.15, 0.2) is 48.6 Å². The molecule has 50 heavy (non-hydrogen) atoms. The molecule has 2 aliphatic rings. The largest absolute Gasteiger partial charge is 0.374 e. The number of nitrogens with zero attached hydrogens (tertiary/aromatic N) is 2. The molecule has 2 rings (SSSR count). The van der Waals surface area contributed by atoms with Crippen molar-refractivity contribution in [2.24, 2.45) is 0 Å². The van der Waals surface area contributed by atoms with E-state index in [4.69, 9.17) is 9.47 Å². The highest BCUT2D eigenvalue weighted by Gasteiger charge is 2.38. The maximum Gasteiger partial charge on any atom is 0.0975 e. The van der Waals surface area contributed by atoms with Gasteiger partial charge in [-0.2, -0.15) is 0 Å². The minimum Gasteiger partial charge on any atom is -0.374 e. The van der Waals surface area contributed by atoms with Crippen molar-refractivity contribution in [2.75, 3.05) is 46.4 Å². The minimum atomic E-state index is 0.247. The molecule has 0 aromatic carbocycles. The molecule has 2 fully saturated rings. The molecule has 0 unspecified atom stereocenters. The smallest absolute Gasteiger partial charge is 0.0975 e. The lowest BCUT2D eigenvalue weighted by Crippen LogP contribution is -2.43. The van der Waals surface area contributed by atoms with Crippen molar-refractivity contribution in [1.29, 1.82) is 0 Å². The Labute approximate surface area is 312 Å². The Morgan fingerprint density at radius 3 is 1.22 bits per heavy atom. The summed E-state index contributed by atoms with van der Waals surface area (Å²) in [4.78, 5) is 5.19. The topological polar surface area (TPSA) is 24.9 Å². The van der Waals surface area contributed by atoms with Gasteiger partial charge in [-0.3, -0.25) is 4.90 Å². The molecule has 0 N–H and O–H groups in total. The predicted molar refractivity (Wildman–Crippen MR) is 220 cm³/mol. The Hall–Kier alpha value is -1.20. The molecule has 0 spiro atoms. The van der Waals surface area contributed by atoms with Crippen LogP contribution < -0.4 is 0 Å². The number of ether oxygens (including phenoxy) is 2. The maximum absolute atomic E-state index is 6.56. The number of likely N-dealkylation sites (tertiary alicyclic amines) is 2. The Morgan fingerprint density at radius 1 is 0.460 bits per heavy atom. The summed E-state index contributed by atoms with van der Waals surface area (Å²) in [6.07, 6.45) is 52.8. The molecule has 0 aromatic rings. The first-order valence-electron chi connectivity index (χ1n) is 22.0. The van der Waals surface area contributed by atoms with Gasteiger partial charge in [0.15, 0.2) is 0 Å². The van der Waals surface area contributed by atoms with Crippen LogP contribution in [0.1, 0.15) is 181 Å². The first-order valence-corrected chi connectivity index (χ1v) is 22.0. The summed E-state index contributed by atoms with van der Waals surface area (Å²) in [5, 5.41) is 0. The van der Waals surface area contributed by atoms with Crippen LogP contribution in [0.3, 0.4) is 0 Å². The molecule has 2 atom stereocenters. The van der Waals surface area contributed by atoms with E-state index in [-0.39, 0.29) is 12.2 Å². The predicted octanol–water partition coefficient (Wildman–Crippen LogP) is 12.8. The third-order valence-corrected chi connectivity index (χ3v) is 10.8. The van der Waals surface area contributed by atoms with Crippen molar-refractivity contribution in [3.63, 3.8) is 0 Å². The van der Waals surface area contributed by atoms with Gasteiger partial charge in [0.2, 0.25) is 0 Å². The number of hydrogen-bond donors (Lipinski definition) is 0. The zero-order chi connectivity index (χ0) is 35.6. The van der Waals surface area contributed by atoms with Gasteiger partial charge in [0.1, 0.15) is 0 Å². The molecule has 0 aliphatic carbocycles. The average molecular weight is 697 g/mol. The summed E-state index contributed by atoms with van der Waals surface area (Å²) in [7, 11) is 2.26. The van der Waals surface area contributed by atoms with Gasteiger partial charge >= 0.3 is 0 Å². The molecular weight excluding hydrogens is 613 g/mol. The lowest BCUT2D eigenvalue weighted by Gasteiger charge is -2.35. The molecule has 2 aliphatic heterocycles. The average Bonchev–Trinajstić information content (AvgIpc) is 3.53. The summed E-state index contributed by atoms with van der Waals surface area (Å²) >= 11 is 0. The fourth-order valence-corrected chi connectivity index (χ4v) is 7.40. The lowest BCUT2D eigenvalue weighted by molar-refractivity contribution is -0.0481. The van der Waals surface area contributed by atoms with Crippen molar-refractivity contribution in [1.82, 2.24) is 9.80 Å². The number of hydrogen-bond acceptors (Lipinski definition) is 4. The molecule has 2 saturated heterocycles. The second kappa shape index (κ2) is 33.6. The number of piperidine rings is 1. The van der Waals surface area contributed by atoms with Crippen LogP contribution in [0.4, 0.5) is 0 Å². The second-order valence-corrected chi connectivity index (χ2v) is 15.5. The standard InChI is InChI=1S/C46H84N2O2/c1-4-6-8-10-12-14-16-18-20-22-24-26-28-30-32-34-40-49-45-42-48(44-36-38-47(3)39-37-44)43-46(45)50-41-35-33-31-29-27-25-23-21-19-17-15-13-11-9-7-5-2/h12-15,18-21,44-46H,4-11,16-17,22-43H2,1-3H3/t45-,46-/m1/s1. The van der Waals surface area contributed by atoms with Gasteiger partial charge in [-0.05, 0) is 110 Å². The monoisotopic (exact) mass is 697 g/mol. The summed E-state index contributed by atoms with van der Waals surface area (Å²) in [5.41, 5.74) is 0. The summed E-state index contributed by atoms with van der Waals surface area (Å²) in [6.45, 7) is 10.9. The summed E-state index contributed by atoms with van der Waals surface area (Å²) < 4.78 is 13.1. The Kier molecular flexibility index (Phi) is 30.2. The third kappa shape index (κ3) is 24.9. The Bertz CT molecular complexity index is 785. The minimum absolute atomic E-state index is 0.247. The summed E-state index contributed by atoms with van der Waals surface area (Å²) in [5.74, 6) is 0. The van der Waals surface area contributed by atoms with Crippen LogP contribution in [0.2, 0.25) is 0 Å². The van der Waals surface area contributed by atoms with Crippen molar-refractivity contribution in [3.8, 4) is 0 Å². The van der Waals surface area contributed by atoms with E-state index in [2.05, 4.69) is 79.3 Å². The van der Waals surface area contributed by atoms with Gasteiger partial charge in [-0.1, -0.05) is 140 Å². The SMILES string of the molecule is CCCCCC=CCC=CCCCCCCCCO[C@@H]1CN(C2CCN(C)CC2)C[C@H]1OCCCCCCCCC=CCC=CCCCCC.